The molecule has 1 aromatic rings. The van der Waals surface area contributed by atoms with E-state index >= 15 is 0 Å². The fourth-order valence-corrected chi connectivity index (χ4v) is 7.15. The van der Waals surface area contributed by atoms with E-state index < -0.39 is 57.0 Å². The number of phenols is 1. The number of nitrogens with two attached hydrogens (primary N) is 1. The lowest BCUT2D eigenvalue weighted by Crippen LogP contribution is -2.72. The molecule has 0 radical (unpaired) electrons. The highest BCUT2D eigenvalue weighted by Crippen LogP contribution is 2.63. The first kappa shape index (κ1) is 28.8. The lowest BCUT2D eigenvalue weighted by atomic mass is 9.46. The Morgan fingerprint density at radius 3 is 2.41 bits per heavy atom. The Labute approximate surface area is 228 Å². The van der Waals surface area contributed by atoms with Crippen molar-refractivity contribution in [3.8, 4) is 5.75 Å². The first-order valence-corrected chi connectivity index (χ1v) is 13.3. The number of fused-ring (bicyclic) bond motifs is 3. The minimum absolute atomic E-state index is 0.00115. The van der Waals surface area contributed by atoms with Crippen LogP contribution in [0, 0.1) is 16.7 Å². The lowest BCUT2D eigenvalue weighted by Gasteiger charge is -2.59. The summed E-state index contributed by atoms with van der Waals surface area (Å²) in [5.74, 6) is -4.44. The van der Waals surface area contributed by atoms with Crippen LogP contribution in [0.25, 0.3) is 5.76 Å². The molecule has 0 bridgehead atoms. The molecular weight excluding hydrogens is 502 g/mol. The highest BCUT2D eigenvalue weighted by molar-refractivity contribution is 6.25. The molecule has 10 heteroatoms. The third kappa shape index (κ3) is 3.91. The predicted molar refractivity (Wildman–Crippen MR) is 145 cm³/mol. The fraction of sp³-hybridized carbons (Fsp3) is 0.552. The van der Waals surface area contributed by atoms with Crippen molar-refractivity contribution in [3.63, 3.8) is 0 Å². The maximum atomic E-state index is 14.2. The number of aromatic hydroxyl groups is 1. The van der Waals surface area contributed by atoms with Crippen molar-refractivity contribution in [1.82, 2.24) is 10.2 Å². The first-order chi connectivity index (χ1) is 18.1. The molecule has 1 saturated carbocycles. The normalized spacial score (nSPS) is 31.2. The van der Waals surface area contributed by atoms with Gasteiger partial charge in [0.2, 0.25) is 5.78 Å². The van der Waals surface area contributed by atoms with Gasteiger partial charge in [0.15, 0.2) is 11.4 Å². The number of hydrogen-bond acceptors (Lipinski definition) is 9. The number of hydrogen-bond donors (Lipinski definition) is 6. The maximum absolute atomic E-state index is 14.2. The van der Waals surface area contributed by atoms with E-state index in [2.05, 4.69) is 19.2 Å². The minimum atomic E-state index is -2.72. The average molecular weight is 542 g/mol. The highest BCUT2D eigenvalue weighted by atomic mass is 16.3. The van der Waals surface area contributed by atoms with Gasteiger partial charge >= 0.3 is 0 Å². The van der Waals surface area contributed by atoms with Crippen LogP contribution in [0.3, 0.4) is 0 Å². The van der Waals surface area contributed by atoms with Crippen molar-refractivity contribution in [2.75, 3.05) is 20.6 Å². The van der Waals surface area contributed by atoms with Crippen molar-refractivity contribution in [1.29, 1.82) is 0 Å². The van der Waals surface area contributed by atoms with Gasteiger partial charge in [0.1, 0.15) is 22.8 Å². The summed E-state index contributed by atoms with van der Waals surface area (Å²) >= 11 is 0. The Hall–Kier alpha value is -3.21. The number of amides is 1. The number of rotatable bonds is 7. The van der Waals surface area contributed by atoms with Gasteiger partial charge in [-0.1, -0.05) is 40.2 Å². The summed E-state index contributed by atoms with van der Waals surface area (Å²) in [7, 11) is 3.17. The van der Waals surface area contributed by atoms with E-state index in [9.17, 15) is 34.8 Å². The molecule has 212 valence electrons. The van der Waals surface area contributed by atoms with Gasteiger partial charge in [-0.15, -0.1) is 0 Å². The number of aliphatic hydroxyl groups is 3. The van der Waals surface area contributed by atoms with Gasteiger partial charge in [0.25, 0.3) is 5.91 Å². The van der Waals surface area contributed by atoms with E-state index in [0.29, 0.717) is 18.0 Å². The van der Waals surface area contributed by atoms with E-state index in [1.807, 2.05) is 0 Å². The van der Waals surface area contributed by atoms with Crippen LogP contribution in [-0.2, 0) is 27.3 Å². The minimum Gasteiger partial charge on any atom is -0.508 e. The first-order valence-electron chi connectivity index (χ1n) is 13.3. The highest BCUT2D eigenvalue weighted by Gasteiger charge is 2.72. The molecule has 0 aromatic heterocycles. The topological polar surface area (TPSA) is 173 Å². The number of Topliss-reactive ketones (excluding diaryl/α,β-unsaturated/α-hetero) is 2. The van der Waals surface area contributed by atoms with Gasteiger partial charge in [-0.2, -0.15) is 0 Å². The Bertz CT molecular complexity index is 1330. The van der Waals surface area contributed by atoms with Crippen LogP contribution in [0.1, 0.15) is 57.2 Å². The number of benzene rings is 1. The zero-order valence-corrected chi connectivity index (χ0v) is 23.4. The van der Waals surface area contributed by atoms with Gasteiger partial charge in [-0.3, -0.25) is 19.3 Å². The monoisotopic (exact) mass is 541 g/mol. The van der Waals surface area contributed by atoms with Crippen molar-refractivity contribution >= 4 is 23.2 Å². The van der Waals surface area contributed by atoms with Crippen LogP contribution in [-0.4, -0.2) is 75.1 Å². The molecule has 10 nitrogen and oxygen atoms in total. The number of nitrogens with one attached hydrogen (secondary N) is 1. The summed E-state index contributed by atoms with van der Waals surface area (Å²) in [6, 6.07) is 2.06. The van der Waals surface area contributed by atoms with E-state index in [0.717, 1.165) is 18.5 Å². The van der Waals surface area contributed by atoms with Crippen LogP contribution < -0.4 is 11.1 Å². The smallest absolute Gasteiger partial charge is 0.255 e. The van der Waals surface area contributed by atoms with Crippen LogP contribution in [0.15, 0.2) is 29.0 Å². The van der Waals surface area contributed by atoms with E-state index in [1.165, 1.54) is 17.9 Å². The zero-order valence-electron chi connectivity index (χ0n) is 23.4. The van der Waals surface area contributed by atoms with Gasteiger partial charge < -0.3 is 31.5 Å². The summed E-state index contributed by atoms with van der Waals surface area (Å²) in [5.41, 5.74) is 0.639. The third-order valence-electron chi connectivity index (χ3n) is 9.12. The molecule has 39 heavy (non-hydrogen) atoms. The maximum Gasteiger partial charge on any atom is 0.255 e. The molecule has 1 unspecified atom stereocenters. The summed E-state index contributed by atoms with van der Waals surface area (Å²) in [5, 5.41) is 48.9. The predicted octanol–water partition coefficient (Wildman–Crippen LogP) is 1.88. The van der Waals surface area contributed by atoms with E-state index in [1.54, 1.807) is 27.1 Å². The summed E-state index contributed by atoms with van der Waals surface area (Å²) in [6.07, 6.45) is 1.25. The molecule has 3 aliphatic rings. The number of ketones is 2. The molecule has 1 aromatic carbocycles. The molecule has 0 spiro atoms. The molecule has 0 aliphatic heterocycles. The Kier molecular flexibility index (Phi) is 6.99. The zero-order chi connectivity index (χ0) is 29.2. The Morgan fingerprint density at radius 1 is 1.21 bits per heavy atom. The van der Waals surface area contributed by atoms with Crippen molar-refractivity contribution < 1.29 is 34.8 Å². The molecule has 0 saturated heterocycles. The largest absolute Gasteiger partial charge is 0.508 e. The van der Waals surface area contributed by atoms with Gasteiger partial charge in [0, 0.05) is 22.9 Å². The Morgan fingerprint density at radius 2 is 1.85 bits per heavy atom. The molecule has 5 atom stereocenters. The summed E-state index contributed by atoms with van der Waals surface area (Å²) in [4.78, 5) is 41.4. The SMILES string of the molecule is CCC(C)CNCc1ccc(O)c2c1C[C@@]1(C)C[C@@]3(C)[C@H](N(C)C)C(=O)C(C(N)=O)=C(O)[C@@]3(O)C(=O)C1=C2O. The number of aliphatic hydroxyl groups excluding tert-OH is 2. The number of carbonyl (C=O) groups excluding carboxylic acids is 3. The average Bonchev–Trinajstić information content (AvgIpc) is 2.82. The lowest BCUT2D eigenvalue weighted by molar-refractivity contribution is -0.176. The molecule has 0 heterocycles. The Balaban J connectivity index is 1.95. The number of nitrogens with zero attached hydrogens (tertiary/aromatic N) is 1. The van der Waals surface area contributed by atoms with Crippen LogP contribution in [0.4, 0.5) is 0 Å². The number of phenolic OH excluding ortho intramolecular Hbond substituents is 1. The van der Waals surface area contributed by atoms with Crippen LogP contribution in [0.2, 0.25) is 0 Å². The fourth-order valence-electron chi connectivity index (χ4n) is 7.15. The van der Waals surface area contributed by atoms with Gasteiger partial charge in [0.05, 0.1) is 11.6 Å². The summed E-state index contributed by atoms with van der Waals surface area (Å²) < 4.78 is 0. The second kappa shape index (κ2) is 9.46. The van der Waals surface area contributed by atoms with Crippen LogP contribution in [0.5, 0.6) is 5.75 Å². The molecule has 7 N–H and O–H groups in total. The second-order valence-electron chi connectivity index (χ2n) is 12.2. The molecule has 1 amide bonds. The molecule has 4 rings (SSSR count). The molecule has 1 fully saturated rings. The van der Waals surface area contributed by atoms with Crippen molar-refractivity contribution in [3.05, 3.63) is 45.7 Å². The van der Waals surface area contributed by atoms with Gasteiger partial charge in [-0.05, 0) is 56.6 Å². The number of likely N-dealkylation sites (N-methyl/N-ethyl adjacent to an activating group) is 1. The second-order valence-corrected chi connectivity index (χ2v) is 12.2. The van der Waals surface area contributed by atoms with Crippen molar-refractivity contribution in [2.45, 2.75) is 65.1 Å². The van der Waals surface area contributed by atoms with E-state index in [-0.39, 0.29) is 29.7 Å². The molecular formula is C29H39N3O7. The number of carbonyl (C=O) groups is 3. The third-order valence-corrected chi connectivity index (χ3v) is 9.12. The van der Waals surface area contributed by atoms with Crippen molar-refractivity contribution in [2.24, 2.45) is 22.5 Å². The summed E-state index contributed by atoms with van der Waals surface area (Å²) in [6.45, 7) is 8.81. The van der Waals surface area contributed by atoms with E-state index in [4.69, 9.17) is 5.73 Å². The standard InChI is InChI=1S/C29H39N3O7/c1-7-14(2)11-31-12-15-8-9-17(33)18-16(15)10-27(3)13-28(4)23(32(5)6)22(35)19(26(30)38)24(36)29(28,39)25(37)20(27)21(18)34/h8-9,14,23,31,33-34,36,39H,7,10-13H2,1-6H3,(H2,30,38)/t14?,23-,27+,28+,29-/m1/s1. The quantitative estimate of drug-likeness (QED) is 0.282. The van der Waals surface area contributed by atoms with Crippen LogP contribution >= 0.6 is 0 Å². The van der Waals surface area contributed by atoms with Gasteiger partial charge in [-0.25, -0.2) is 0 Å². The number of primary amides is 1. The molecule has 3 aliphatic carbocycles.